The van der Waals surface area contributed by atoms with Gasteiger partial charge in [0, 0.05) is 23.2 Å². The third kappa shape index (κ3) is 5.50. The van der Waals surface area contributed by atoms with E-state index in [0.29, 0.717) is 12.1 Å². The molecule has 192 valence electrons. The number of benzene rings is 2. The molecule has 8 nitrogen and oxygen atoms in total. The molecule has 3 aliphatic rings. The van der Waals surface area contributed by atoms with Crippen molar-refractivity contribution in [3.63, 3.8) is 0 Å². The Morgan fingerprint density at radius 1 is 1.11 bits per heavy atom. The molecule has 4 N–H and O–H groups in total. The van der Waals surface area contributed by atoms with E-state index >= 15 is 0 Å². The van der Waals surface area contributed by atoms with Crippen molar-refractivity contribution in [3.05, 3.63) is 59.7 Å². The molecule has 0 aromatic heterocycles. The molecule has 5 atom stereocenters. The zero-order valence-corrected chi connectivity index (χ0v) is 20.6. The van der Waals surface area contributed by atoms with E-state index in [1.54, 1.807) is 0 Å². The first-order chi connectivity index (χ1) is 17.5. The summed E-state index contributed by atoms with van der Waals surface area (Å²) in [5, 5.41) is 19.0. The fraction of sp³-hybridized carbons (Fsp3) is 0.500. The number of rotatable bonds is 7. The second-order valence-corrected chi connectivity index (χ2v) is 10.1. The maximum absolute atomic E-state index is 12.8. The lowest BCUT2D eigenvalue weighted by molar-refractivity contribution is -0.142. The van der Waals surface area contributed by atoms with Gasteiger partial charge in [-0.1, -0.05) is 43.2 Å². The number of anilines is 1. The van der Waals surface area contributed by atoms with Gasteiger partial charge in [-0.25, -0.2) is 4.79 Å². The van der Waals surface area contributed by atoms with Gasteiger partial charge in [0.05, 0.1) is 25.2 Å². The Balaban J connectivity index is 1.23. The molecular weight excluding hydrogens is 458 g/mol. The fourth-order valence-corrected chi connectivity index (χ4v) is 5.72. The van der Waals surface area contributed by atoms with E-state index in [1.807, 2.05) is 55.5 Å². The number of hydrogen-bond acceptors (Lipinski definition) is 5. The van der Waals surface area contributed by atoms with Crippen LogP contribution in [-0.2, 0) is 9.53 Å². The molecular formula is C28H35N3O5. The van der Waals surface area contributed by atoms with Gasteiger partial charge >= 0.3 is 6.03 Å². The summed E-state index contributed by atoms with van der Waals surface area (Å²) in [5.41, 5.74) is 2.72. The van der Waals surface area contributed by atoms with Crippen LogP contribution < -0.4 is 20.7 Å². The number of ether oxygens (including phenoxy) is 2. The van der Waals surface area contributed by atoms with Crippen molar-refractivity contribution in [2.75, 3.05) is 11.9 Å². The number of aliphatic hydroxyl groups is 1. The van der Waals surface area contributed by atoms with Gasteiger partial charge in [-0.05, 0) is 49.9 Å². The second kappa shape index (κ2) is 10.9. The van der Waals surface area contributed by atoms with Crippen LogP contribution in [0.4, 0.5) is 10.5 Å². The van der Waals surface area contributed by atoms with Gasteiger partial charge in [0.25, 0.3) is 0 Å². The first-order valence-corrected chi connectivity index (χ1v) is 13.0. The van der Waals surface area contributed by atoms with Crippen LogP contribution >= 0.6 is 0 Å². The number of carbonyl (C=O) groups excluding carboxylic acids is 2. The van der Waals surface area contributed by atoms with Crippen LogP contribution in [0.1, 0.15) is 68.5 Å². The Morgan fingerprint density at radius 2 is 1.89 bits per heavy atom. The van der Waals surface area contributed by atoms with Crippen molar-refractivity contribution >= 4 is 17.6 Å². The van der Waals surface area contributed by atoms with Crippen LogP contribution in [0.25, 0.3) is 0 Å². The smallest absolute Gasteiger partial charge is 0.319 e. The van der Waals surface area contributed by atoms with Crippen LogP contribution in [0.5, 0.6) is 5.75 Å². The minimum atomic E-state index is -0.525. The Morgan fingerprint density at radius 3 is 2.64 bits per heavy atom. The molecule has 0 radical (unpaired) electrons. The number of hydrogen-bond donors (Lipinski definition) is 4. The molecule has 2 aromatic carbocycles. The molecule has 1 saturated heterocycles. The third-order valence-electron chi connectivity index (χ3n) is 7.54. The molecule has 0 unspecified atom stereocenters. The van der Waals surface area contributed by atoms with Crippen LogP contribution in [0, 0.1) is 0 Å². The van der Waals surface area contributed by atoms with E-state index in [4.69, 9.17) is 9.47 Å². The Bertz CT molecular complexity index is 1070. The number of carbonyl (C=O) groups is 2. The third-order valence-corrected chi connectivity index (χ3v) is 7.54. The molecule has 8 heteroatoms. The average Bonchev–Trinajstić information content (AvgIpc) is 3.51. The lowest BCUT2D eigenvalue weighted by Crippen LogP contribution is -2.47. The van der Waals surface area contributed by atoms with Crippen molar-refractivity contribution in [2.24, 2.45) is 0 Å². The number of aliphatic hydroxyl groups excluding tert-OH is 1. The van der Waals surface area contributed by atoms with Gasteiger partial charge in [0.15, 0.2) is 0 Å². The maximum Gasteiger partial charge on any atom is 0.319 e. The minimum absolute atomic E-state index is 0.0325. The number of amides is 3. The highest BCUT2D eigenvalue weighted by atomic mass is 16.6. The minimum Gasteiger partial charge on any atom is -0.487 e. The second-order valence-electron chi connectivity index (χ2n) is 10.1. The first-order valence-electron chi connectivity index (χ1n) is 13.0. The van der Waals surface area contributed by atoms with Crippen molar-refractivity contribution in [2.45, 2.75) is 81.8 Å². The van der Waals surface area contributed by atoms with Crippen molar-refractivity contribution in [3.8, 4) is 5.75 Å². The highest BCUT2D eigenvalue weighted by molar-refractivity contribution is 5.89. The molecule has 2 fully saturated rings. The summed E-state index contributed by atoms with van der Waals surface area (Å²) in [6.45, 7) is 1.77. The average molecular weight is 494 g/mol. The molecule has 2 heterocycles. The fourth-order valence-electron chi connectivity index (χ4n) is 5.72. The standard InChI is InChI=1S/C28H35N3O5/c1-17(18-7-3-2-4-8-18)29-26(33)15-21-14-23-22-13-20(31-28(34)30-19-9-5-6-10-19)11-12-24(22)36-27(23)25(16-32)35-21/h2-4,7-8,11-13,17,19,21,23,25,27,32H,5-6,9-10,14-16H2,1H3,(H,29,33)(H2,30,31,34)/t17-,21+,23+,25+,27-/m1/s1. The van der Waals surface area contributed by atoms with Gasteiger partial charge in [-0.2, -0.15) is 0 Å². The zero-order valence-electron chi connectivity index (χ0n) is 20.6. The summed E-state index contributed by atoms with van der Waals surface area (Å²) in [7, 11) is 0. The largest absolute Gasteiger partial charge is 0.487 e. The van der Waals surface area contributed by atoms with Gasteiger partial charge in [-0.3, -0.25) is 4.79 Å². The lowest BCUT2D eigenvalue weighted by atomic mass is 9.84. The molecule has 1 saturated carbocycles. The predicted octanol–water partition coefficient (Wildman–Crippen LogP) is 4.01. The van der Waals surface area contributed by atoms with Crippen molar-refractivity contribution in [1.82, 2.24) is 10.6 Å². The zero-order chi connectivity index (χ0) is 25.1. The highest BCUT2D eigenvalue weighted by Gasteiger charge is 2.46. The van der Waals surface area contributed by atoms with E-state index in [1.165, 1.54) is 0 Å². The van der Waals surface area contributed by atoms with E-state index in [2.05, 4.69) is 16.0 Å². The van der Waals surface area contributed by atoms with E-state index < -0.39 is 6.10 Å². The number of fused-ring (bicyclic) bond motifs is 3. The SMILES string of the molecule is C[C@@H](NC(=O)C[C@@H]1C[C@H]2c3cc(NC(=O)NC4CCCC4)ccc3O[C@H]2[C@H](CO)O1)c1ccccc1. The summed E-state index contributed by atoms with van der Waals surface area (Å²) in [5.74, 6) is 0.608. The van der Waals surface area contributed by atoms with Gasteiger partial charge < -0.3 is 30.5 Å². The van der Waals surface area contributed by atoms with Crippen LogP contribution in [0.2, 0.25) is 0 Å². The molecule has 0 bridgehead atoms. The highest BCUT2D eigenvalue weighted by Crippen LogP contribution is 2.47. The summed E-state index contributed by atoms with van der Waals surface area (Å²) in [4.78, 5) is 25.3. The number of urea groups is 1. The van der Waals surface area contributed by atoms with Crippen LogP contribution in [0.3, 0.4) is 0 Å². The van der Waals surface area contributed by atoms with Crippen LogP contribution in [0.15, 0.2) is 48.5 Å². The molecule has 2 aliphatic heterocycles. The topological polar surface area (TPSA) is 109 Å². The van der Waals surface area contributed by atoms with E-state index in [-0.39, 0.29) is 55.2 Å². The molecule has 5 rings (SSSR count). The van der Waals surface area contributed by atoms with Crippen molar-refractivity contribution in [1.29, 1.82) is 0 Å². The van der Waals surface area contributed by atoms with Gasteiger partial charge in [0.2, 0.25) is 5.91 Å². The molecule has 1 aliphatic carbocycles. The summed E-state index contributed by atoms with van der Waals surface area (Å²) in [6.07, 6.45) is 3.97. The first kappa shape index (κ1) is 24.6. The Labute approximate surface area is 211 Å². The quantitative estimate of drug-likeness (QED) is 0.466. The summed E-state index contributed by atoms with van der Waals surface area (Å²) >= 11 is 0. The van der Waals surface area contributed by atoms with E-state index in [9.17, 15) is 14.7 Å². The van der Waals surface area contributed by atoms with Crippen LogP contribution in [-0.4, -0.2) is 48.0 Å². The normalized spacial score (nSPS) is 25.8. The monoisotopic (exact) mass is 493 g/mol. The van der Waals surface area contributed by atoms with E-state index in [0.717, 1.165) is 42.6 Å². The molecule has 36 heavy (non-hydrogen) atoms. The van der Waals surface area contributed by atoms with Crippen molar-refractivity contribution < 1.29 is 24.2 Å². The maximum atomic E-state index is 12.8. The number of nitrogens with one attached hydrogen (secondary N) is 3. The molecule has 3 amide bonds. The predicted molar refractivity (Wildman–Crippen MR) is 136 cm³/mol. The van der Waals surface area contributed by atoms with Gasteiger partial charge in [0.1, 0.15) is 18.0 Å². The lowest BCUT2D eigenvalue weighted by Gasteiger charge is -2.37. The Hall–Kier alpha value is -3.10. The summed E-state index contributed by atoms with van der Waals surface area (Å²) < 4.78 is 12.2. The molecule has 0 spiro atoms. The molecule has 2 aromatic rings. The summed E-state index contributed by atoms with van der Waals surface area (Å²) in [6, 6.07) is 15.4. The van der Waals surface area contributed by atoms with Gasteiger partial charge in [-0.15, -0.1) is 0 Å². The Kier molecular flexibility index (Phi) is 7.43.